The van der Waals surface area contributed by atoms with E-state index in [9.17, 15) is 9.59 Å². The molecule has 0 radical (unpaired) electrons. The van der Waals surface area contributed by atoms with Gasteiger partial charge in [-0.25, -0.2) is 4.79 Å². The monoisotopic (exact) mass is 301 g/mol. The maximum absolute atomic E-state index is 11.8. The third-order valence-electron chi connectivity index (χ3n) is 3.74. The van der Waals surface area contributed by atoms with Gasteiger partial charge < -0.3 is 10.1 Å². The highest BCUT2D eigenvalue weighted by atomic mass is 16.5. The lowest BCUT2D eigenvalue weighted by molar-refractivity contribution is -0.124. The molecular formula is C18H23NO3. The molecule has 0 fully saturated rings. The number of rotatable bonds is 6. The maximum Gasteiger partial charge on any atom is 0.338 e. The molecule has 4 nitrogen and oxygen atoms in total. The number of carbonyl (C=O) groups is 2. The predicted molar refractivity (Wildman–Crippen MR) is 85.6 cm³/mol. The van der Waals surface area contributed by atoms with Gasteiger partial charge in [0.1, 0.15) is 0 Å². The van der Waals surface area contributed by atoms with Crippen molar-refractivity contribution in [1.82, 2.24) is 5.32 Å². The quantitative estimate of drug-likeness (QED) is 0.648. The van der Waals surface area contributed by atoms with Crippen LogP contribution in [0.5, 0.6) is 0 Å². The van der Waals surface area contributed by atoms with Crippen LogP contribution < -0.4 is 5.32 Å². The molecule has 0 bridgehead atoms. The van der Waals surface area contributed by atoms with E-state index in [1.807, 2.05) is 13.0 Å². The van der Waals surface area contributed by atoms with Crippen LogP contribution in [0.4, 0.5) is 0 Å². The maximum atomic E-state index is 11.8. The summed E-state index contributed by atoms with van der Waals surface area (Å²) in [5.41, 5.74) is 2.88. The van der Waals surface area contributed by atoms with E-state index < -0.39 is 5.97 Å². The minimum absolute atomic E-state index is 0.230. The van der Waals surface area contributed by atoms with Crippen LogP contribution >= 0.6 is 0 Å². The molecule has 1 aliphatic rings. The average Bonchev–Trinajstić information content (AvgIpc) is 2.53. The Balaban J connectivity index is 1.67. The number of aryl methyl sites for hydroxylation is 1. The summed E-state index contributed by atoms with van der Waals surface area (Å²) >= 11 is 0. The average molecular weight is 301 g/mol. The van der Waals surface area contributed by atoms with Crippen LogP contribution in [0.25, 0.3) is 0 Å². The number of nitrogens with one attached hydrogen (secondary N) is 1. The van der Waals surface area contributed by atoms with Crippen molar-refractivity contribution >= 4 is 11.9 Å². The second kappa shape index (κ2) is 8.37. The van der Waals surface area contributed by atoms with Gasteiger partial charge in [0.25, 0.3) is 5.91 Å². The molecule has 1 N–H and O–H groups in total. The zero-order valence-electron chi connectivity index (χ0n) is 13.1. The molecule has 1 aromatic rings. The van der Waals surface area contributed by atoms with Crippen LogP contribution in [-0.4, -0.2) is 25.0 Å². The van der Waals surface area contributed by atoms with E-state index in [0.29, 0.717) is 12.1 Å². The van der Waals surface area contributed by atoms with Gasteiger partial charge in [0.2, 0.25) is 0 Å². The van der Waals surface area contributed by atoms with Crippen LogP contribution in [0.3, 0.4) is 0 Å². The van der Waals surface area contributed by atoms with Crippen molar-refractivity contribution in [1.29, 1.82) is 0 Å². The largest absolute Gasteiger partial charge is 0.452 e. The first kappa shape index (κ1) is 16.3. The molecule has 0 heterocycles. The molecular weight excluding hydrogens is 278 g/mol. The molecule has 22 heavy (non-hydrogen) atoms. The summed E-state index contributed by atoms with van der Waals surface area (Å²) in [4.78, 5) is 23.5. The Kier molecular flexibility index (Phi) is 6.19. The summed E-state index contributed by atoms with van der Waals surface area (Å²) < 4.78 is 5.02. The molecule has 0 atom stereocenters. The number of benzene rings is 1. The summed E-state index contributed by atoms with van der Waals surface area (Å²) in [6.45, 7) is 2.28. The fourth-order valence-corrected chi connectivity index (χ4v) is 2.53. The van der Waals surface area contributed by atoms with E-state index in [1.54, 1.807) is 18.2 Å². The number of allylic oxidation sites excluding steroid dienone is 1. The highest BCUT2D eigenvalue weighted by Crippen LogP contribution is 2.19. The Morgan fingerprint density at radius 3 is 2.86 bits per heavy atom. The van der Waals surface area contributed by atoms with Gasteiger partial charge in [0, 0.05) is 6.54 Å². The lowest BCUT2D eigenvalue weighted by Gasteiger charge is -2.13. The molecule has 0 unspecified atom stereocenters. The number of amides is 1. The van der Waals surface area contributed by atoms with Gasteiger partial charge in [-0.05, 0) is 51.2 Å². The van der Waals surface area contributed by atoms with Gasteiger partial charge in [-0.15, -0.1) is 0 Å². The molecule has 1 amide bonds. The van der Waals surface area contributed by atoms with Crippen molar-refractivity contribution in [2.24, 2.45) is 0 Å². The summed E-state index contributed by atoms with van der Waals surface area (Å²) in [6, 6.07) is 7.13. The van der Waals surface area contributed by atoms with Crippen molar-refractivity contribution in [3.63, 3.8) is 0 Å². The first-order chi connectivity index (χ1) is 10.6. The predicted octanol–water partition coefficient (Wildman–Crippen LogP) is 3.16. The third kappa shape index (κ3) is 5.35. The standard InChI is InChI=1S/C18H23NO3/c1-14-6-5-9-16(12-14)18(21)22-13-17(20)19-11-10-15-7-3-2-4-8-15/h5-7,9,12H,2-4,8,10-11,13H2,1H3,(H,19,20). The number of ether oxygens (including phenoxy) is 1. The number of hydrogen-bond acceptors (Lipinski definition) is 3. The SMILES string of the molecule is Cc1cccc(C(=O)OCC(=O)NCCC2=CCCCC2)c1. The molecule has 0 aromatic heterocycles. The first-order valence-electron chi connectivity index (χ1n) is 7.83. The summed E-state index contributed by atoms with van der Waals surface area (Å²) in [5.74, 6) is -0.716. The zero-order valence-corrected chi connectivity index (χ0v) is 13.1. The van der Waals surface area contributed by atoms with Gasteiger partial charge in [0.05, 0.1) is 5.56 Å². The van der Waals surface area contributed by atoms with E-state index >= 15 is 0 Å². The van der Waals surface area contributed by atoms with Crippen LogP contribution in [-0.2, 0) is 9.53 Å². The Morgan fingerprint density at radius 2 is 2.14 bits per heavy atom. The van der Waals surface area contributed by atoms with Crippen molar-refractivity contribution < 1.29 is 14.3 Å². The fourth-order valence-electron chi connectivity index (χ4n) is 2.53. The minimum atomic E-state index is -0.464. The van der Waals surface area contributed by atoms with Gasteiger partial charge in [-0.3, -0.25) is 4.79 Å². The van der Waals surface area contributed by atoms with E-state index in [0.717, 1.165) is 24.8 Å². The van der Waals surface area contributed by atoms with Crippen molar-refractivity contribution in [2.75, 3.05) is 13.2 Å². The van der Waals surface area contributed by atoms with Gasteiger partial charge in [-0.2, -0.15) is 0 Å². The molecule has 2 rings (SSSR count). The van der Waals surface area contributed by atoms with Gasteiger partial charge >= 0.3 is 5.97 Å². The Bertz CT molecular complexity index is 563. The third-order valence-corrected chi connectivity index (χ3v) is 3.74. The lowest BCUT2D eigenvalue weighted by Crippen LogP contribution is -2.29. The van der Waals surface area contributed by atoms with Crippen LogP contribution in [0.2, 0.25) is 0 Å². The number of esters is 1. The highest BCUT2D eigenvalue weighted by molar-refractivity contribution is 5.91. The van der Waals surface area contributed by atoms with Crippen molar-refractivity contribution in [3.05, 3.63) is 47.0 Å². The minimum Gasteiger partial charge on any atom is -0.452 e. The van der Waals surface area contributed by atoms with E-state index in [1.165, 1.54) is 18.4 Å². The van der Waals surface area contributed by atoms with Crippen LogP contribution in [0.1, 0.15) is 48.0 Å². The topological polar surface area (TPSA) is 55.4 Å². The van der Waals surface area contributed by atoms with E-state index in [2.05, 4.69) is 11.4 Å². The molecule has 0 spiro atoms. The summed E-state index contributed by atoms with van der Waals surface area (Å²) in [5, 5.41) is 2.79. The van der Waals surface area contributed by atoms with Gasteiger partial charge in [-0.1, -0.05) is 29.3 Å². The lowest BCUT2D eigenvalue weighted by atomic mass is 9.97. The van der Waals surface area contributed by atoms with E-state index in [4.69, 9.17) is 4.74 Å². The van der Waals surface area contributed by atoms with Crippen LogP contribution in [0.15, 0.2) is 35.9 Å². The molecule has 118 valence electrons. The Morgan fingerprint density at radius 1 is 1.27 bits per heavy atom. The second-order valence-electron chi connectivity index (χ2n) is 5.65. The molecule has 1 aliphatic carbocycles. The first-order valence-corrected chi connectivity index (χ1v) is 7.83. The molecule has 1 aromatic carbocycles. The van der Waals surface area contributed by atoms with Crippen molar-refractivity contribution in [3.8, 4) is 0 Å². The molecule has 0 saturated carbocycles. The second-order valence-corrected chi connectivity index (χ2v) is 5.65. The molecule has 4 heteroatoms. The smallest absolute Gasteiger partial charge is 0.338 e. The zero-order chi connectivity index (χ0) is 15.8. The number of hydrogen-bond donors (Lipinski definition) is 1. The Hall–Kier alpha value is -2.10. The van der Waals surface area contributed by atoms with Crippen molar-refractivity contribution in [2.45, 2.75) is 39.0 Å². The fraction of sp³-hybridized carbons (Fsp3) is 0.444. The molecule has 0 saturated heterocycles. The number of carbonyl (C=O) groups excluding carboxylic acids is 2. The summed E-state index contributed by atoms with van der Waals surface area (Å²) in [7, 11) is 0. The normalized spacial score (nSPS) is 14.1. The Labute approximate surface area is 131 Å². The van der Waals surface area contributed by atoms with Gasteiger partial charge in [0.15, 0.2) is 6.61 Å². The van der Waals surface area contributed by atoms with Crippen LogP contribution in [0, 0.1) is 6.92 Å². The van der Waals surface area contributed by atoms with E-state index in [-0.39, 0.29) is 12.5 Å². The highest BCUT2D eigenvalue weighted by Gasteiger charge is 2.10. The molecule has 0 aliphatic heterocycles. The summed E-state index contributed by atoms with van der Waals surface area (Å²) in [6.07, 6.45) is 7.96.